The SMILES string of the molecule is COc1ccc(C)cc1NC(=O)[C@@H]1C[C@H]1C. The predicted octanol–water partition coefficient (Wildman–Crippen LogP) is 2.60. The number of carbonyl (C=O) groups excluding carboxylic acids is 1. The van der Waals surface area contributed by atoms with Gasteiger partial charge >= 0.3 is 0 Å². The highest BCUT2D eigenvalue weighted by Gasteiger charge is 2.39. The number of methoxy groups -OCH3 is 1. The van der Waals surface area contributed by atoms with Gasteiger partial charge in [0.15, 0.2) is 0 Å². The summed E-state index contributed by atoms with van der Waals surface area (Å²) in [5.74, 6) is 1.53. The molecule has 1 N–H and O–H groups in total. The van der Waals surface area contributed by atoms with Gasteiger partial charge in [-0.05, 0) is 37.0 Å². The first-order valence-corrected chi connectivity index (χ1v) is 5.57. The molecule has 86 valence electrons. The van der Waals surface area contributed by atoms with Crippen LogP contribution in [0.25, 0.3) is 0 Å². The molecule has 16 heavy (non-hydrogen) atoms. The van der Waals surface area contributed by atoms with Gasteiger partial charge in [0.2, 0.25) is 5.91 Å². The van der Waals surface area contributed by atoms with Crippen LogP contribution in [0, 0.1) is 18.8 Å². The lowest BCUT2D eigenvalue weighted by molar-refractivity contribution is -0.117. The summed E-state index contributed by atoms with van der Waals surface area (Å²) in [6.07, 6.45) is 1.000. The number of aryl methyl sites for hydroxylation is 1. The molecular formula is C13H17NO2. The molecule has 1 aromatic rings. The third-order valence-electron chi connectivity index (χ3n) is 3.06. The molecule has 3 heteroatoms. The van der Waals surface area contributed by atoms with Crippen LogP contribution in [0.5, 0.6) is 5.75 Å². The van der Waals surface area contributed by atoms with Crippen LogP contribution in [-0.2, 0) is 4.79 Å². The molecule has 1 aromatic carbocycles. The minimum Gasteiger partial charge on any atom is -0.495 e. The first kappa shape index (κ1) is 11.0. The smallest absolute Gasteiger partial charge is 0.227 e. The number of anilines is 1. The van der Waals surface area contributed by atoms with Crippen molar-refractivity contribution in [2.45, 2.75) is 20.3 Å². The Morgan fingerprint density at radius 3 is 2.75 bits per heavy atom. The zero-order chi connectivity index (χ0) is 11.7. The lowest BCUT2D eigenvalue weighted by atomic mass is 10.2. The standard InChI is InChI=1S/C13H17NO2/c1-8-4-5-12(16-3)11(6-8)14-13(15)10-7-9(10)2/h4-6,9-10H,7H2,1-3H3,(H,14,15)/t9-,10-/m1/s1. The van der Waals surface area contributed by atoms with Crippen LogP contribution in [0.3, 0.4) is 0 Å². The molecule has 0 saturated heterocycles. The van der Waals surface area contributed by atoms with E-state index in [1.165, 1.54) is 0 Å². The molecule has 0 aliphatic heterocycles. The Labute approximate surface area is 95.8 Å². The highest BCUT2D eigenvalue weighted by Crippen LogP contribution is 2.39. The van der Waals surface area contributed by atoms with E-state index < -0.39 is 0 Å². The summed E-state index contributed by atoms with van der Waals surface area (Å²) in [4.78, 5) is 11.8. The summed E-state index contributed by atoms with van der Waals surface area (Å²) in [5.41, 5.74) is 1.88. The van der Waals surface area contributed by atoms with Gasteiger partial charge in [0.05, 0.1) is 12.8 Å². The number of amides is 1. The molecule has 1 amide bonds. The normalized spacial score (nSPS) is 22.7. The molecule has 0 aromatic heterocycles. The topological polar surface area (TPSA) is 38.3 Å². The van der Waals surface area contributed by atoms with Gasteiger partial charge in [0.1, 0.15) is 5.75 Å². The molecule has 2 atom stereocenters. The summed E-state index contributed by atoms with van der Waals surface area (Å²) in [7, 11) is 1.61. The highest BCUT2D eigenvalue weighted by molar-refractivity contribution is 5.95. The van der Waals surface area contributed by atoms with Gasteiger partial charge in [0.25, 0.3) is 0 Å². The van der Waals surface area contributed by atoms with Crippen LogP contribution >= 0.6 is 0 Å². The van der Waals surface area contributed by atoms with Crippen molar-refractivity contribution in [3.63, 3.8) is 0 Å². The number of hydrogen-bond donors (Lipinski definition) is 1. The summed E-state index contributed by atoms with van der Waals surface area (Å²) < 4.78 is 5.21. The van der Waals surface area contributed by atoms with Crippen molar-refractivity contribution in [3.05, 3.63) is 23.8 Å². The quantitative estimate of drug-likeness (QED) is 0.848. The van der Waals surface area contributed by atoms with Gasteiger partial charge in [-0.3, -0.25) is 4.79 Å². The lowest BCUT2D eigenvalue weighted by Crippen LogP contribution is -2.15. The monoisotopic (exact) mass is 219 g/mol. The van der Waals surface area contributed by atoms with Crippen LogP contribution in [0.15, 0.2) is 18.2 Å². The van der Waals surface area contributed by atoms with E-state index in [2.05, 4.69) is 12.2 Å². The largest absolute Gasteiger partial charge is 0.495 e. The zero-order valence-corrected chi connectivity index (χ0v) is 9.91. The molecule has 1 aliphatic rings. The lowest BCUT2D eigenvalue weighted by Gasteiger charge is -2.10. The van der Waals surface area contributed by atoms with Crippen molar-refractivity contribution in [3.8, 4) is 5.75 Å². The zero-order valence-electron chi connectivity index (χ0n) is 9.91. The number of rotatable bonds is 3. The van der Waals surface area contributed by atoms with Crippen molar-refractivity contribution >= 4 is 11.6 Å². The van der Waals surface area contributed by atoms with Gasteiger partial charge in [-0.2, -0.15) is 0 Å². The third kappa shape index (κ3) is 2.18. The molecule has 1 saturated carbocycles. The molecule has 0 radical (unpaired) electrons. The maximum atomic E-state index is 11.8. The van der Waals surface area contributed by atoms with Crippen LogP contribution in [-0.4, -0.2) is 13.0 Å². The Morgan fingerprint density at radius 2 is 2.19 bits per heavy atom. The van der Waals surface area contributed by atoms with Crippen molar-refractivity contribution < 1.29 is 9.53 Å². The molecule has 0 bridgehead atoms. The predicted molar refractivity (Wildman–Crippen MR) is 63.6 cm³/mol. The van der Waals surface area contributed by atoms with E-state index in [0.29, 0.717) is 11.7 Å². The number of nitrogens with one attached hydrogen (secondary N) is 1. The van der Waals surface area contributed by atoms with Gasteiger partial charge in [-0.1, -0.05) is 13.0 Å². The average molecular weight is 219 g/mol. The second kappa shape index (κ2) is 4.16. The fourth-order valence-corrected chi connectivity index (χ4v) is 1.83. The summed E-state index contributed by atoms with van der Waals surface area (Å²) in [6, 6.07) is 5.78. The van der Waals surface area contributed by atoms with Crippen LogP contribution < -0.4 is 10.1 Å². The van der Waals surface area contributed by atoms with Crippen LogP contribution in [0.1, 0.15) is 18.9 Å². The Hall–Kier alpha value is -1.51. The maximum Gasteiger partial charge on any atom is 0.227 e. The van der Waals surface area contributed by atoms with Crippen LogP contribution in [0.2, 0.25) is 0 Å². The average Bonchev–Trinajstić information content (AvgIpc) is 2.96. The molecule has 0 unspecified atom stereocenters. The molecule has 0 heterocycles. The fourth-order valence-electron chi connectivity index (χ4n) is 1.83. The van der Waals surface area contributed by atoms with Crippen molar-refractivity contribution in [1.29, 1.82) is 0 Å². The summed E-state index contributed by atoms with van der Waals surface area (Å²) in [5, 5.41) is 2.93. The van der Waals surface area contributed by atoms with Crippen molar-refractivity contribution in [1.82, 2.24) is 0 Å². The van der Waals surface area contributed by atoms with Crippen molar-refractivity contribution in [2.24, 2.45) is 11.8 Å². The van der Waals surface area contributed by atoms with Gasteiger partial charge < -0.3 is 10.1 Å². The first-order valence-electron chi connectivity index (χ1n) is 5.57. The molecule has 2 rings (SSSR count). The minimum atomic E-state index is 0.108. The molecule has 3 nitrogen and oxygen atoms in total. The van der Waals surface area contributed by atoms with E-state index in [1.54, 1.807) is 7.11 Å². The van der Waals surface area contributed by atoms with Gasteiger partial charge in [-0.15, -0.1) is 0 Å². The number of carbonyl (C=O) groups is 1. The Kier molecular flexibility index (Phi) is 2.86. The summed E-state index contributed by atoms with van der Waals surface area (Å²) >= 11 is 0. The van der Waals surface area contributed by atoms with E-state index >= 15 is 0 Å². The Bertz CT molecular complexity index is 414. The van der Waals surface area contributed by atoms with E-state index in [1.807, 2.05) is 25.1 Å². The molecular weight excluding hydrogens is 202 g/mol. The van der Waals surface area contributed by atoms with E-state index in [-0.39, 0.29) is 11.8 Å². The number of benzene rings is 1. The summed E-state index contributed by atoms with van der Waals surface area (Å²) in [6.45, 7) is 4.09. The van der Waals surface area contributed by atoms with E-state index in [4.69, 9.17) is 4.74 Å². The highest BCUT2D eigenvalue weighted by atomic mass is 16.5. The maximum absolute atomic E-state index is 11.8. The number of hydrogen-bond acceptors (Lipinski definition) is 2. The van der Waals surface area contributed by atoms with Gasteiger partial charge in [0, 0.05) is 5.92 Å². The van der Waals surface area contributed by atoms with Crippen molar-refractivity contribution in [2.75, 3.05) is 12.4 Å². The Morgan fingerprint density at radius 1 is 1.50 bits per heavy atom. The second-order valence-electron chi connectivity index (χ2n) is 4.51. The molecule has 1 fully saturated rings. The van der Waals surface area contributed by atoms with Gasteiger partial charge in [-0.25, -0.2) is 0 Å². The first-order chi connectivity index (χ1) is 7.61. The van der Waals surface area contributed by atoms with Crippen LogP contribution in [0.4, 0.5) is 5.69 Å². The fraction of sp³-hybridized carbons (Fsp3) is 0.462. The molecule has 0 spiro atoms. The molecule has 1 aliphatic carbocycles. The van der Waals surface area contributed by atoms with E-state index in [9.17, 15) is 4.79 Å². The minimum absolute atomic E-state index is 0.108. The third-order valence-corrected chi connectivity index (χ3v) is 3.06. The second-order valence-corrected chi connectivity index (χ2v) is 4.51. The van der Waals surface area contributed by atoms with E-state index in [0.717, 1.165) is 17.7 Å². The Balaban J connectivity index is 2.13. The number of ether oxygens (including phenoxy) is 1.